The third-order valence-electron chi connectivity index (χ3n) is 3.99. The van der Waals surface area contributed by atoms with Gasteiger partial charge in [-0.3, -0.25) is 0 Å². The predicted octanol–water partition coefficient (Wildman–Crippen LogP) is 2.77. The minimum atomic E-state index is -0.376. The van der Waals surface area contributed by atoms with E-state index in [2.05, 4.69) is 24.2 Å². The Bertz CT molecular complexity index is 434. The smallest absolute Gasteiger partial charge is 0.360 e. The summed E-state index contributed by atoms with van der Waals surface area (Å²) < 4.78 is 6.76. The molecule has 0 radical (unpaired) electrons. The maximum Gasteiger partial charge on any atom is 0.360 e. The Morgan fingerprint density at radius 2 is 2.05 bits per heavy atom. The van der Waals surface area contributed by atoms with Crippen molar-refractivity contribution in [1.82, 2.24) is 15.0 Å². The molecule has 0 bridgehead atoms. The highest BCUT2D eigenvalue weighted by Gasteiger charge is 2.26. The standard InChI is InChI=1S/C14H23N3O2/c1-4-5-12-13(14(18)19-3)15-16-17(12)11-8-6-10(2)7-9-11/h10-11H,4-9H2,1-3H3. The van der Waals surface area contributed by atoms with Crippen molar-refractivity contribution in [1.29, 1.82) is 0 Å². The normalized spacial score (nSPS) is 23.3. The number of nitrogens with zero attached hydrogens (tertiary/aromatic N) is 3. The molecule has 0 saturated heterocycles. The number of hydrogen-bond acceptors (Lipinski definition) is 4. The summed E-state index contributed by atoms with van der Waals surface area (Å²) in [5, 5.41) is 8.26. The molecule has 1 aromatic rings. The van der Waals surface area contributed by atoms with Crippen molar-refractivity contribution in [2.45, 2.75) is 58.4 Å². The van der Waals surface area contributed by atoms with Crippen LogP contribution in [0, 0.1) is 5.92 Å². The Labute approximate surface area is 114 Å². The minimum Gasteiger partial charge on any atom is -0.464 e. The largest absolute Gasteiger partial charge is 0.464 e. The van der Waals surface area contributed by atoms with Crippen LogP contribution in [0.1, 0.15) is 68.2 Å². The van der Waals surface area contributed by atoms with E-state index in [0.717, 1.165) is 37.3 Å². The van der Waals surface area contributed by atoms with Gasteiger partial charge in [0.1, 0.15) is 0 Å². The molecule has 1 aromatic heterocycles. The second-order valence-corrected chi connectivity index (χ2v) is 5.48. The first-order valence-electron chi connectivity index (χ1n) is 7.19. The number of ether oxygens (including phenoxy) is 1. The van der Waals surface area contributed by atoms with Crippen molar-refractivity contribution in [2.75, 3.05) is 7.11 Å². The number of aromatic nitrogens is 3. The Balaban J connectivity index is 2.24. The highest BCUT2D eigenvalue weighted by Crippen LogP contribution is 2.32. The summed E-state index contributed by atoms with van der Waals surface area (Å²) in [6.45, 7) is 4.39. The molecule has 5 heteroatoms. The number of esters is 1. The van der Waals surface area contributed by atoms with Crippen molar-refractivity contribution in [2.24, 2.45) is 5.92 Å². The topological polar surface area (TPSA) is 57.0 Å². The third kappa shape index (κ3) is 2.96. The highest BCUT2D eigenvalue weighted by molar-refractivity contribution is 5.88. The summed E-state index contributed by atoms with van der Waals surface area (Å²) in [4.78, 5) is 11.7. The number of carbonyl (C=O) groups excluding carboxylic acids is 1. The van der Waals surface area contributed by atoms with Crippen molar-refractivity contribution in [3.63, 3.8) is 0 Å². The van der Waals surface area contributed by atoms with Gasteiger partial charge in [-0.05, 0) is 38.0 Å². The van der Waals surface area contributed by atoms with Crippen LogP contribution in [0.5, 0.6) is 0 Å². The number of rotatable bonds is 4. The molecular formula is C14H23N3O2. The summed E-state index contributed by atoms with van der Waals surface area (Å²) in [5.74, 6) is 0.424. The molecule has 1 aliphatic rings. The fraction of sp³-hybridized carbons (Fsp3) is 0.786. The Morgan fingerprint density at radius 3 is 2.63 bits per heavy atom. The van der Waals surface area contributed by atoms with Crippen LogP contribution in [0.4, 0.5) is 0 Å². The van der Waals surface area contributed by atoms with Crippen LogP contribution >= 0.6 is 0 Å². The molecule has 106 valence electrons. The fourth-order valence-electron chi connectivity index (χ4n) is 2.82. The van der Waals surface area contributed by atoms with E-state index in [0.29, 0.717) is 11.7 Å². The van der Waals surface area contributed by atoms with Gasteiger partial charge >= 0.3 is 5.97 Å². The lowest BCUT2D eigenvalue weighted by molar-refractivity contribution is 0.0592. The Kier molecular flexibility index (Phi) is 4.56. The summed E-state index contributed by atoms with van der Waals surface area (Å²) in [6.07, 6.45) is 6.50. The van der Waals surface area contributed by atoms with E-state index in [1.165, 1.54) is 20.0 Å². The van der Waals surface area contributed by atoms with Gasteiger partial charge in [-0.25, -0.2) is 9.48 Å². The van der Waals surface area contributed by atoms with Gasteiger partial charge in [-0.2, -0.15) is 0 Å². The third-order valence-corrected chi connectivity index (χ3v) is 3.99. The number of methoxy groups -OCH3 is 1. The molecule has 19 heavy (non-hydrogen) atoms. The molecular weight excluding hydrogens is 242 g/mol. The second kappa shape index (κ2) is 6.17. The Morgan fingerprint density at radius 1 is 1.37 bits per heavy atom. The van der Waals surface area contributed by atoms with Gasteiger partial charge in [0.2, 0.25) is 0 Å². The zero-order valence-corrected chi connectivity index (χ0v) is 12.1. The Hall–Kier alpha value is -1.39. The minimum absolute atomic E-state index is 0.376. The van der Waals surface area contributed by atoms with E-state index in [1.54, 1.807) is 0 Å². The SMILES string of the molecule is CCCc1c(C(=O)OC)nnn1C1CCC(C)CC1. The molecule has 1 heterocycles. The molecule has 1 saturated carbocycles. The second-order valence-electron chi connectivity index (χ2n) is 5.48. The van der Waals surface area contributed by atoms with E-state index in [9.17, 15) is 4.79 Å². The predicted molar refractivity (Wildman–Crippen MR) is 72.0 cm³/mol. The van der Waals surface area contributed by atoms with Gasteiger partial charge < -0.3 is 4.74 Å². The van der Waals surface area contributed by atoms with E-state index in [-0.39, 0.29) is 5.97 Å². The van der Waals surface area contributed by atoms with E-state index in [4.69, 9.17) is 4.74 Å². The average molecular weight is 265 g/mol. The van der Waals surface area contributed by atoms with Gasteiger partial charge in [-0.15, -0.1) is 5.10 Å². The van der Waals surface area contributed by atoms with Crippen LogP contribution < -0.4 is 0 Å². The first-order chi connectivity index (χ1) is 9.17. The van der Waals surface area contributed by atoms with Crippen molar-refractivity contribution >= 4 is 5.97 Å². The zero-order chi connectivity index (χ0) is 13.8. The number of carbonyl (C=O) groups is 1. The lowest BCUT2D eigenvalue weighted by Gasteiger charge is -2.27. The lowest BCUT2D eigenvalue weighted by Crippen LogP contribution is -2.20. The van der Waals surface area contributed by atoms with Crippen LogP contribution in [-0.4, -0.2) is 28.1 Å². The van der Waals surface area contributed by atoms with Crippen molar-refractivity contribution < 1.29 is 9.53 Å². The van der Waals surface area contributed by atoms with Crippen LogP contribution in [0.15, 0.2) is 0 Å². The van der Waals surface area contributed by atoms with E-state index in [1.807, 2.05) is 4.68 Å². The molecule has 0 amide bonds. The molecule has 0 N–H and O–H groups in total. The quantitative estimate of drug-likeness (QED) is 0.785. The van der Waals surface area contributed by atoms with Gasteiger partial charge in [0.05, 0.1) is 18.8 Å². The molecule has 0 spiro atoms. The number of hydrogen-bond donors (Lipinski definition) is 0. The summed E-state index contributed by atoms with van der Waals surface area (Å²) in [5.41, 5.74) is 1.33. The van der Waals surface area contributed by atoms with Crippen LogP contribution in [0.2, 0.25) is 0 Å². The maximum atomic E-state index is 11.7. The van der Waals surface area contributed by atoms with Crippen molar-refractivity contribution in [3.8, 4) is 0 Å². The molecule has 0 aliphatic heterocycles. The first-order valence-corrected chi connectivity index (χ1v) is 7.19. The van der Waals surface area contributed by atoms with Crippen LogP contribution in [-0.2, 0) is 11.2 Å². The highest BCUT2D eigenvalue weighted by atomic mass is 16.5. The molecule has 0 unspecified atom stereocenters. The van der Waals surface area contributed by atoms with Gasteiger partial charge in [0.15, 0.2) is 5.69 Å². The van der Waals surface area contributed by atoms with E-state index < -0.39 is 0 Å². The average Bonchev–Trinajstić information content (AvgIpc) is 2.83. The maximum absolute atomic E-state index is 11.7. The molecule has 1 aliphatic carbocycles. The lowest BCUT2D eigenvalue weighted by atomic mass is 9.87. The van der Waals surface area contributed by atoms with E-state index >= 15 is 0 Å². The van der Waals surface area contributed by atoms with Crippen molar-refractivity contribution in [3.05, 3.63) is 11.4 Å². The van der Waals surface area contributed by atoms with Gasteiger partial charge in [0, 0.05) is 0 Å². The monoisotopic (exact) mass is 265 g/mol. The molecule has 5 nitrogen and oxygen atoms in total. The van der Waals surface area contributed by atoms with Crippen LogP contribution in [0.3, 0.4) is 0 Å². The molecule has 0 aromatic carbocycles. The molecule has 1 fully saturated rings. The van der Waals surface area contributed by atoms with Gasteiger partial charge in [0.25, 0.3) is 0 Å². The fourth-order valence-corrected chi connectivity index (χ4v) is 2.82. The summed E-state index contributed by atoms with van der Waals surface area (Å²) >= 11 is 0. The zero-order valence-electron chi connectivity index (χ0n) is 12.1. The first kappa shape index (κ1) is 14.0. The van der Waals surface area contributed by atoms with Crippen LogP contribution in [0.25, 0.3) is 0 Å². The van der Waals surface area contributed by atoms with Gasteiger partial charge in [-0.1, -0.05) is 25.5 Å². The molecule has 2 rings (SSSR count). The summed E-state index contributed by atoms with van der Waals surface area (Å²) in [7, 11) is 1.39. The summed E-state index contributed by atoms with van der Waals surface area (Å²) in [6, 6.07) is 0.392. The molecule has 0 atom stereocenters.